The van der Waals surface area contributed by atoms with Gasteiger partial charge in [0.05, 0.1) is 14.2 Å². The molecule has 0 radical (unpaired) electrons. The van der Waals surface area contributed by atoms with E-state index in [0.717, 1.165) is 5.56 Å². The smallest absolute Gasteiger partial charge is 0.303 e. The lowest BCUT2D eigenvalue weighted by molar-refractivity contribution is -0.137. The third-order valence-electron chi connectivity index (χ3n) is 3.29. The number of benzene rings is 1. The average Bonchev–Trinajstić information content (AvgIpc) is 2.50. The first-order chi connectivity index (χ1) is 10.5. The van der Waals surface area contributed by atoms with Gasteiger partial charge in [0.15, 0.2) is 11.5 Å². The molecule has 1 aromatic carbocycles. The van der Waals surface area contributed by atoms with Gasteiger partial charge in [-0.25, -0.2) is 0 Å². The third-order valence-corrected chi connectivity index (χ3v) is 3.29. The van der Waals surface area contributed by atoms with Crippen molar-refractivity contribution in [3.8, 4) is 11.5 Å². The predicted molar refractivity (Wildman–Crippen MR) is 82.3 cm³/mol. The third kappa shape index (κ3) is 6.03. The number of aryl methyl sites for hydroxylation is 1. The molecule has 0 spiro atoms. The zero-order valence-electron chi connectivity index (χ0n) is 13.2. The van der Waals surface area contributed by atoms with Crippen LogP contribution < -0.4 is 14.8 Å². The van der Waals surface area contributed by atoms with E-state index in [-0.39, 0.29) is 18.4 Å². The van der Waals surface area contributed by atoms with E-state index in [2.05, 4.69) is 5.32 Å². The number of hydrogen-bond acceptors (Lipinski definition) is 4. The second kappa shape index (κ2) is 8.92. The molecular weight excluding hydrogens is 286 g/mol. The number of carbonyl (C=O) groups is 2. The van der Waals surface area contributed by atoms with Crippen molar-refractivity contribution >= 4 is 11.9 Å². The number of carboxylic acids is 1. The van der Waals surface area contributed by atoms with Crippen LogP contribution in [0.25, 0.3) is 0 Å². The van der Waals surface area contributed by atoms with Gasteiger partial charge in [0, 0.05) is 18.9 Å². The van der Waals surface area contributed by atoms with Crippen LogP contribution in [0.15, 0.2) is 18.2 Å². The van der Waals surface area contributed by atoms with Crippen molar-refractivity contribution in [2.24, 2.45) is 0 Å². The lowest BCUT2D eigenvalue weighted by Crippen LogP contribution is -2.33. The Balaban J connectivity index is 2.45. The summed E-state index contributed by atoms with van der Waals surface area (Å²) in [5.41, 5.74) is 0.978. The summed E-state index contributed by atoms with van der Waals surface area (Å²) in [5, 5.41) is 11.4. The Morgan fingerprint density at radius 3 is 2.45 bits per heavy atom. The summed E-state index contributed by atoms with van der Waals surface area (Å²) in [6.45, 7) is 1.80. The minimum absolute atomic E-state index is 0.0527. The second-order valence-corrected chi connectivity index (χ2v) is 5.09. The van der Waals surface area contributed by atoms with E-state index >= 15 is 0 Å². The Morgan fingerprint density at radius 1 is 1.18 bits per heavy atom. The standard InChI is InChI=1S/C16H23NO5/c1-11(4-9-16(19)20)17-15(18)8-6-12-5-7-13(21-2)14(10-12)22-3/h5,7,10-11H,4,6,8-9H2,1-3H3,(H,17,18)(H,19,20). The molecule has 0 aromatic heterocycles. The van der Waals surface area contributed by atoms with Crippen LogP contribution in [-0.4, -0.2) is 37.2 Å². The highest BCUT2D eigenvalue weighted by Crippen LogP contribution is 2.27. The number of amides is 1. The maximum absolute atomic E-state index is 11.8. The van der Waals surface area contributed by atoms with Gasteiger partial charge in [-0.05, 0) is 37.5 Å². The highest BCUT2D eigenvalue weighted by Gasteiger charge is 2.10. The number of rotatable bonds is 9. The van der Waals surface area contributed by atoms with E-state index in [1.807, 2.05) is 18.2 Å². The molecule has 0 heterocycles. The topological polar surface area (TPSA) is 84.9 Å². The highest BCUT2D eigenvalue weighted by atomic mass is 16.5. The molecule has 1 aromatic rings. The predicted octanol–water partition coefficient (Wildman–Crippen LogP) is 2.01. The van der Waals surface area contributed by atoms with Crippen LogP contribution in [0, 0.1) is 0 Å². The molecule has 22 heavy (non-hydrogen) atoms. The van der Waals surface area contributed by atoms with E-state index in [4.69, 9.17) is 14.6 Å². The zero-order valence-corrected chi connectivity index (χ0v) is 13.2. The molecule has 1 atom stereocenters. The summed E-state index contributed by atoms with van der Waals surface area (Å²) in [4.78, 5) is 22.3. The zero-order chi connectivity index (χ0) is 16.5. The van der Waals surface area contributed by atoms with Crippen molar-refractivity contribution in [2.75, 3.05) is 14.2 Å². The average molecular weight is 309 g/mol. The second-order valence-electron chi connectivity index (χ2n) is 5.09. The lowest BCUT2D eigenvalue weighted by atomic mass is 10.1. The van der Waals surface area contributed by atoms with E-state index in [1.54, 1.807) is 21.1 Å². The molecule has 1 amide bonds. The molecule has 1 unspecified atom stereocenters. The van der Waals surface area contributed by atoms with Crippen LogP contribution in [0.2, 0.25) is 0 Å². The van der Waals surface area contributed by atoms with Gasteiger partial charge < -0.3 is 19.9 Å². The summed E-state index contributed by atoms with van der Waals surface area (Å²) in [6, 6.07) is 5.40. The fourth-order valence-corrected chi connectivity index (χ4v) is 2.05. The Bertz CT molecular complexity index is 515. The van der Waals surface area contributed by atoms with Gasteiger partial charge in [0.1, 0.15) is 0 Å². The molecule has 0 fully saturated rings. The van der Waals surface area contributed by atoms with Gasteiger partial charge in [0.2, 0.25) is 5.91 Å². The molecule has 6 nitrogen and oxygen atoms in total. The fourth-order valence-electron chi connectivity index (χ4n) is 2.05. The first kappa shape index (κ1) is 17.8. The minimum Gasteiger partial charge on any atom is -0.493 e. The van der Waals surface area contributed by atoms with E-state index in [9.17, 15) is 9.59 Å². The number of hydrogen-bond donors (Lipinski definition) is 2. The molecule has 0 aliphatic heterocycles. The molecule has 0 aliphatic rings. The van der Waals surface area contributed by atoms with E-state index < -0.39 is 5.97 Å². The molecule has 0 bridgehead atoms. The Labute approximate surface area is 130 Å². The van der Waals surface area contributed by atoms with Gasteiger partial charge in [0.25, 0.3) is 0 Å². The van der Waals surface area contributed by atoms with Crippen molar-refractivity contribution in [1.29, 1.82) is 0 Å². The Morgan fingerprint density at radius 2 is 1.86 bits per heavy atom. The molecular formula is C16H23NO5. The number of aliphatic carboxylic acids is 1. The van der Waals surface area contributed by atoms with Crippen molar-refractivity contribution in [1.82, 2.24) is 5.32 Å². The highest BCUT2D eigenvalue weighted by molar-refractivity contribution is 5.76. The summed E-state index contributed by atoms with van der Waals surface area (Å²) >= 11 is 0. The molecule has 0 aliphatic carbocycles. The number of nitrogens with one attached hydrogen (secondary N) is 1. The molecule has 2 N–H and O–H groups in total. The first-order valence-electron chi connectivity index (χ1n) is 7.18. The van der Waals surface area contributed by atoms with Gasteiger partial charge in [-0.1, -0.05) is 6.07 Å². The van der Waals surface area contributed by atoms with Crippen LogP contribution in [0.3, 0.4) is 0 Å². The summed E-state index contributed by atoms with van der Waals surface area (Å²) in [7, 11) is 3.14. The molecule has 0 saturated carbocycles. The van der Waals surface area contributed by atoms with Gasteiger partial charge in [-0.3, -0.25) is 9.59 Å². The molecule has 1 rings (SSSR count). The quantitative estimate of drug-likeness (QED) is 0.729. The SMILES string of the molecule is COc1ccc(CCC(=O)NC(C)CCC(=O)O)cc1OC. The fraction of sp³-hybridized carbons (Fsp3) is 0.500. The maximum Gasteiger partial charge on any atom is 0.303 e. The Hall–Kier alpha value is -2.24. The summed E-state index contributed by atoms with van der Waals surface area (Å²) in [5.74, 6) is 0.340. The van der Waals surface area contributed by atoms with Crippen LogP contribution in [-0.2, 0) is 16.0 Å². The number of ether oxygens (including phenoxy) is 2. The minimum atomic E-state index is -0.855. The normalized spacial score (nSPS) is 11.6. The van der Waals surface area contributed by atoms with Gasteiger partial charge in [-0.15, -0.1) is 0 Å². The van der Waals surface area contributed by atoms with E-state index in [0.29, 0.717) is 30.8 Å². The van der Waals surface area contributed by atoms with Crippen LogP contribution in [0.1, 0.15) is 31.7 Å². The molecule has 122 valence electrons. The summed E-state index contributed by atoms with van der Waals surface area (Å²) < 4.78 is 10.4. The Kier molecular flexibility index (Phi) is 7.22. The summed E-state index contributed by atoms with van der Waals surface area (Å²) in [6.07, 6.45) is 1.40. The van der Waals surface area contributed by atoms with Crippen molar-refractivity contribution < 1.29 is 24.2 Å². The van der Waals surface area contributed by atoms with Crippen molar-refractivity contribution in [3.05, 3.63) is 23.8 Å². The maximum atomic E-state index is 11.8. The monoisotopic (exact) mass is 309 g/mol. The van der Waals surface area contributed by atoms with Crippen LogP contribution in [0.4, 0.5) is 0 Å². The van der Waals surface area contributed by atoms with Crippen LogP contribution >= 0.6 is 0 Å². The van der Waals surface area contributed by atoms with Crippen molar-refractivity contribution in [2.45, 2.75) is 38.6 Å². The molecule has 6 heteroatoms. The molecule has 0 saturated heterocycles. The number of carboxylic acid groups (broad SMARTS) is 1. The number of methoxy groups -OCH3 is 2. The van der Waals surface area contributed by atoms with Crippen LogP contribution in [0.5, 0.6) is 11.5 Å². The van der Waals surface area contributed by atoms with Gasteiger partial charge >= 0.3 is 5.97 Å². The van der Waals surface area contributed by atoms with Crippen molar-refractivity contribution in [3.63, 3.8) is 0 Å². The van der Waals surface area contributed by atoms with Gasteiger partial charge in [-0.2, -0.15) is 0 Å². The largest absolute Gasteiger partial charge is 0.493 e. The number of carbonyl (C=O) groups excluding carboxylic acids is 1. The lowest BCUT2D eigenvalue weighted by Gasteiger charge is -2.13. The first-order valence-corrected chi connectivity index (χ1v) is 7.18. The van der Waals surface area contributed by atoms with E-state index in [1.165, 1.54) is 0 Å².